The number of ether oxygens (including phenoxy) is 1. The van der Waals surface area contributed by atoms with Crippen molar-refractivity contribution >= 4 is 23.4 Å². The molecule has 3 rings (SSSR count). The molecule has 0 radical (unpaired) electrons. The Balaban J connectivity index is 1.69. The molecule has 7 heteroatoms. The summed E-state index contributed by atoms with van der Waals surface area (Å²) in [7, 11) is 1.63. The van der Waals surface area contributed by atoms with Gasteiger partial charge in [-0.3, -0.25) is 9.59 Å². The van der Waals surface area contributed by atoms with Crippen LogP contribution >= 0.6 is 11.8 Å². The van der Waals surface area contributed by atoms with Crippen LogP contribution in [0.5, 0.6) is 5.75 Å². The number of aryl methyl sites for hydroxylation is 3. The average Bonchev–Trinajstić information content (AvgIpc) is 2.72. The maximum absolute atomic E-state index is 12.6. The molecule has 0 saturated carbocycles. The number of hydrogen-bond acceptors (Lipinski definition) is 5. The van der Waals surface area contributed by atoms with Gasteiger partial charge in [0.15, 0.2) is 5.16 Å². The molecule has 156 valence electrons. The minimum Gasteiger partial charge on any atom is -0.497 e. The quantitative estimate of drug-likeness (QED) is 0.440. The van der Waals surface area contributed by atoms with E-state index in [0.29, 0.717) is 22.2 Å². The van der Waals surface area contributed by atoms with E-state index in [1.165, 1.54) is 11.8 Å². The van der Waals surface area contributed by atoms with Crippen molar-refractivity contribution in [3.05, 3.63) is 80.8 Å². The molecule has 0 saturated heterocycles. The predicted molar refractivity (Wildman–Crippen MR) is 120 cm³/mol. The normalized spacial score (nSPS) is 10.7. The smallest absolute Gasteiger partial charge is 0.255 e. The fourth-order valence-electron chi connectivity index (χ4n) is 3.00. The fraction of sp³-hybridized carbons (Fsp3) is 0.261. The number of amides is 1. The highest BCUT2D eigenvalue weighted by Crippen LogP contribution is 2.22. The summed E-state index contributed by atoms with van der Waals surface area (Å²) in [5.41, 5.74) is 4.51. The SMILES string of the molecule is COc1cccc(CSc2nc(C)c(CC(=O)Nc3cc(C)ccc3C)c(=O)[nH]2)c1. The average molecular weight is 424 g/mol. The van der Waals surface area contributed by atoms with Crippen LogP contribution in [-0.4, -0.2) is 23.0 Å². The molecule has 0 aliphatic heterocycles. The number of rotatable bonds is 7. The number of thioether (sulfide) groups is 1. The lowest BCUT2D eigenvalue weighted by Gasteiger charge is -2.11. The second kappa shape index (κ2) is 9.63. The lowest BCUT2D eigenvalue weighted by molar-refractivity contribution is -0.115. The zero-order valence-electron chi connectivity index (χ0n) is 17.5. The summed E-state index contributed by atoms with van der Waals surface area (Å²) in [5.74, 6) is 1.19. The highest BCUT2D eigenvalue weighted by Gasteiger charge is 2.14. The van der Waals surface area contributed by atoms with Gasteiger partial charge in [-0.1, -0.05) is 36.0 Å². The van der Waals surface area contributed by atoms with Gasteiger partial charge in [0.1, 0.15) is 5.75 Å². The van der Waals surface area contributed by atoms with Crippen LogP contribution in [0.15, 0.2) is 52.4 Å². The van der Waals surface area contributed by atoms with E-state index in [-0.39, 0.29) is 17.9 Å². The van der Waals surface area contributed by atoms with Gasteiger partial charge in [-0.05, 0) is 55.7 Å². The van der Waals surface area contributed by atoms with Crippen LogP contribution in [0.1, 0.15) is 27.9 Å². The van der Waals surface area contributed by atoms with E-state index < -0.39 is 0 Å². The summed E-state index contributed by atoms with van der Waals surface area (Å²) in [4.78, 5) is 32.3. The third-order valence-electron chi connectivity index (χ3n) is 4.71. The van der Waals surface area contributed by atoms with Crippen LogP contribution in [0.3, 0.4) is 0 Å². The Morgan fingerprint density at radius 2 is 1.97 bits per heavy atom. The van der Waals surface area contributed by atoms with Gasteiger partial charge in [-0.2, -0.15) is 0 Å². The molecule has 3 aromatic rings. The minimum atomic E-state index is -0.285. The number of aromatic nitrogens is 2. The number of hydrogen-bond donors (Lipinski definition) is 2. The molecule has 0 atom stereocenters. The Kier molecular flexibility index (Phi) is 6.95. The Morgan fingerprint density at radius 1 is 1.17 bits per heavy atom. The largest absolute Gasteiger partial charge is 0.497 e. The summed E-state index contributed by atoms with van der Waals surface area (Å²) in [6.45, 7) is 5.66. The number of carbonyl (C=O) groups is 1. The monoisotopic (exact) mass is 423 g/mol. The molecule has 0 unspecified atom stereocenters. The molecule has 0 fully saturated rings. The third kappa shape index (κ3) is 5.51. The number of nitrogens with zero attached hydrogens (tertiary/aromatic N) is 1. The number of H-pyrrole nitrogens is 1. The highest BCUT2D eigenvalue weighted by atomic mass is 32.2. The van der Waals surface area contributed by atoms with E-state index in [1.54, 1.807) is 14.0 Å². The van der Waals surface area contributed by atoms with Crippen LogP contribution in [0.4, 0.5) is 5.69 Å². The van der Waals surface area contributed by atoms with Gasteiger partial charge < -0.3 is 15.0 Å². The summed E-state index contributed by atoms with van der Waals surface area (Å²) in [6.07, 6.45) is -0.0254. The zero-order chi connectivity index (χ0) is 21.7. The Hall–Kier alpha value is -3.06. The van der Waals surface area contributed by atoms with Crippen molar-refractivity contribution < 1.29 is 9.53 Å². The molecule has 6 nitrogen and oxygen atoms in total. The van der Waals surface area contributed by atoms with Crippen molar-refractivity contribution in [2.24, 2.45) is 0 Å². The first-order valence-corrected chi connectivity index (χ1v) is 10.6. The van der Waals surface area contributed by atoms with Crippen LogP contribution in [0.25, 0.3) is 0 Å². The molecular formula is C23H25N3O3S. The van der Waals surface area contributed by atoms with Gasteiger partial charge in [0.2, 0.25) is 5.91 Å². The first kappa shape index (κ1) is 21.6. The Labute approximate surface area is 180 Å². The number of anilines is 1. The van der Waals surface area contributed by atoms with Crippen molar-refractivity contribution in [2.45, 2.75) is 38.1 Å². The lowest BCUT2D eigenvalue weighted by atomic mass is 10.1. The van der Waals surface area contributed by atoms with Crippen molar-refractivity contribution in [1.29, 1.82) is 0 Å². The molecule has 0 aliphatic rings. The van der Waals surface area contributed by atoms with Gasteiger partial charge in [0.05, 0.1) is 13.5 Å². The number of benzene rings is 2. The van der Waals surface area contributed by atoms with E-state index >= 15 is 0 Å². The molecule has 1 aromatic heterocycles. The molecule has 1 amide bonds. The first-order valence-electron chi connectivity index (χ1n) is 9.58. The second-order valence-corrected chi connectivity index (χ2v) is 8.08. The molecule has 2 aromatic carbocycles. The number of carbonyl (C=O) groups excluding carboxylic acids is 1. The van der Waals surface area contributed by atoms with E-state index in [9.17, 15) is 9.59 Å². The van der Waals surface area contributed by atoms with Crippen LogP contribution in [0.2, 0.25) is 0 Å². The summed E-state index contributed by atoms with van der Waals surface area (Å²) in [5, 5.41) is 3.42. The van der Waals surface area contributed by atoms with E-state index in [1.807, 2.05) is 56.3 Å². The summed E-state index contributed by atoms with van der Waals surface area (Å²) in [6, 6.07) is 13.6. The van der Waals surface area contributed by atoms with E-state index in [4.69, 9.17) is 4.74 Å². The van der Waals surface area contributed by atoms with Crippen LogP contribution in [-0.2, 0) is 17.0 Å². The predicted octanol–water partition coefficient (Wildman–Crippen LogP) is 4.18. The molecule has 2 N–H and O–H groups in total. The Bertz CT molecular complexity index is 1120. The first-order chi connectivity index (χ1) is 14.4. The molecule has 0 spiro atoms. The molecule has 1 heterocycles. The maximum Gasteiger partial charge on any atom is 0.255 e. The van der Waals surface area contributed by atoms with Gasteiger partial charge in [0.25, 0.3) is 5.56 Å². The van der Waals surface area contributed by atoms with Crippen molar-refractivity contribution in [1.82, 2.24) is 9.97 Å². The van der Waals surface area contributed by atoms with Crippen LogP contribution in [0, 0.1) is 20.8 Å². The third-order valence-corrected chi connectivity index (χ3v) is 5.66. The fourth-order valence-corrected chi connectivity index (χ4v) is 3.85. The van der Waals surface area contributed by atoms with Crippen molar-refractivity contribution in [2.75, 3.05) is 12.4 Å². The molecule has 30 heavy (non-hydrogen) atoms. The number of nitrogens with one attached hydrogen (secondary N) is 2. The molecule has 0 bridgehead atoms. The van der Waals surface area contributed by atoms with Gasteiger partial charge in [-0.25, -0.2) is 4.98 Å². The van der Waals surface area contributed by atoms with Crippen LogP contribution < -0.4 is 15.6 Å². The number of methoxy groups -OCH3 is 1. The topological polar surface area (TPSA) is 84.1 Å². The maximum atomic E-state index is 12.6. The second-order valence-electron chi connectivity index (χ2n) is 7.12. The van der Waals surface area contributed by atoms with E-state index in [2.05, 4.69) is 15.3 Å². The minimum absolute atomic E-state index is 0.0254. The number of aromatic amines is 1. The Morgan fingerprint density at radius 3 is 2.70 bits per heavy atom. The van der Waals surface area contributed by atoms with Crippen molar-refractivity contribution in [3.8, 4) is 5.75 Å². The van der Waals surface area contributed by atoms with E-state index in [0.717, 1.165) is 28.1 Å². The highest BCUT2D eigenvalue weighted by molar-refractivity contribution is 7.98. The van der Waals surface area contributed by atoms with Gasteiger partial charge in [0, 0.05) is 22.7 Å². The zero-order valence-corrected chi connectivity index (χ0v) is 18.4. The molecule has 0 aliphatic carbocycles. The standard InChI is InChI=1S/C23H25N3O3S/c1-14-8-9-15(2)20(10-14)25-21(27)12-19-16(3)24-23(26-22(19)28)30-13-17-6-5-7-18(11-17)29-4/h5-11H,12-13H2,1-4H3,(H,25,27)(H,24,26,28). The lowest BCUT2D eigenvalue weighted by Crippen LogP contribution is -2.24. The summed E-state index contributed by atoms with van der Waals surface area (Å²) >= 11 is 1.43. The molecular weight excluding hydrogens is 398 g/mol. The van der Waals surface area contributed by atoms with Gasteiger partial charge in [-0.15, -0.1) is 0 Å². The van der Waals surface area contributed by atoms with Gasteiger partial charge >= 0.3 is 0 Å². The van der Waals surface area contributed by atoms with Crippen molar-refractivity contribution in [3.63, 3.8) is 0 Å². The summed E-state index contributed by atoms with van der Waals surface area (Å²) < 4.78 is 5.23.